The zero-order chi connectivity index (χ0) is 14.7. The van der Waals surface area contributed by atoms with Gasteiger partial charge in [-0.25, -0.2) is 9.59 Å². The summed E-state index contributed by atoms with van der Waals surface area (Å²) < 4.78 is 0. The first-order chi connectivity index (χ1) is 9.47. The Morgan fingerprint density at radius 2 is 1.95 bits per heavy atom. The number of phenolic OH excluding ortho intramolecular Hbond substituents is 1. The van der Waals surface area contributed by atoms with Crippen LogP contribution in [0.1, 0.15) is 15.9 Å². The molecule has 0 aliphatic heterocycles. The Hall–Kier alpha value is -2.54. The van der Waals surface area contributed by atoms with E-state index in [0.717, 1.165) is 11.3 Å². The fourth-order valence-corrected chi connectivity index (χ4v) is 2.35. The number of nitrogens with one attached hydrogen (secondary N) is 2. The summed E-state index contributed by atoms with van der Waals surface area (Å²) in [7, 11) is 0. The molecule has 0 saturated heterocycles. The lowest BCUT2D eigenvalue weighted by Gasteiger charge is -2.08. The number of anilines is 2. The van der Waals surface area contributed by atoms with Crippen molar-refractivity contribution in [3.8, 4) is 5.75 Å². The summed E-state index contributed by atoms with van der Waals surface area (Å²) in [4.78, 5) is 22.7. The Kier molecular flexibility index (Phi) is 3.90. The van der Waals surface area contributed by atoms with E-state index in [1.807, 2.05) is 0 Å². The number of aromatic hydroxyl groups is 1. The first-order valence-electron chi connectivity index (χ1n) is 5.66. The van der Waals surface area contributed by atoms with Gasteiger partial charge in [0.15, 0.2) is 0 Å². The molecule has 1 aromatic heterocycles. The standard InChI is InChI=1S/C13H12N2O4S/c1-7-6-8(2-3-10(7)16)14-13(19)15-11-9(12(17)18)4-5-20-11/h2-6,16H,1H3,(H,17,18)(H2,14,15,19). The second-order valence-electron chi connectivity index (χ2n) is 4.05. The summed E-state index contributed by atoms with van der Waals surface area (Å²) in [6, 6.07) is 5.52. The van der Waals surface area contributed by atoms with E-state index in [4.69, 9.17) is 5.11 Å². The molecule has 2 amide bonds. The quantitative estimate of drug-likeness (QED) is 0.653. The minimum atomic E-state index is -1.10. The van der Waals surface area contributed by atoms with Crippen molar-refractivity contribution in [2.24, 2.45) is 0 Å². The van der Waals surface area contributed by atoms with Crippen LogP contribution in [0.5, 0.6) is 5.75 Å². The molecule has 104 valence electrons. The number of rotatable bonds is 3. The van der Waals surface area contributed by atoms with E-state index < -0.39 is 12.0 Å². The molecule has 0 aliphatic rings. The summed E-state index contributed by atoms with van der Waals surface area (Å²) in [5, 5.41) is 25.2. The van der Waals surface area contributed by atoms with Gasteiger partial charge in [-0.2, -0.15) is 0 Å². The van der Waals surface area contributed by atoms with Crippen molar-refractivity contribution >= 4 is 34.0 Å². The molecule has 1 aromatic carbocycles. The van der Waals surface area contributed by atoms with Crippen LogP contribution in [-0.4, -0.2) is 22.2 Å². The number of thiophene rings is 1. The molecule has 0 saturated carbocycles. The predicted molar refractivity (Wildman–Crippen MR) is 76.8 cm³/mol. The van der Waals surface area contributed by atoms with E-state index in [1.54, 1.807) is 24.4 Å². The third-order valence-corrected chi connectivity index (χ3v) is 3.41. The number of aromatic carboxylic acids is 1. The van der Waals surface area contributed by atoms with Crippen molar-refractivity contribution in [1.29, 1.82) is 0 Å². The smallest absolute Gasteiger partial charge is 0.338 e. The molecule has 20 heavy (non-hydrogen) atoms. The summed E-state index contributed by atoms with van der Waals surface area (Å²) >= 11 is 1.13. The zero-order valence-corrected chi connectivity index (χ0v) is 11.3. The zero-order valence-electron chi connectivity index (χ0n) is 10.5. The number of phenols is 1. The minimum Gasteiger partial charge on any atom is -0.508 e. The van der Waals surface area contributed by atoms with Crippen molar-refractivity contribution in [3.05, 3.63) is 40.8 Å². The molecule has 0 fully saturated rings. The second-order valence-corrected chi connectivity index (χ2v) is 4.97. The monoisotopic (exact) mass is 292 g/mol. The fourth-order valence-electron chi connectivity index (χ4n) is 1.57. The average Bonchev–Trinajstić information content (AvgIpc) is 2.82. The first-order valence-corrected chi connectivity index (χ1v) is 6.53. The molecule has 0 unspecified atom stereocenters. The van der Waals surface area contributed by atoms with Crippen molar-refractivity contribution < 1.29 is 19.8 Å². The Bertz CT molecular complexity index is 666. The van der Waals surface area contributed by atoms with Crippen LogP contribution in [0.3, 0.4) is 0 Å². The lowest BCUT2D eigenvalue weighted by Crippen LogP contribution is -2.20. The van der Waals surface area contributed by atoms with Crippen LogP contribution in [0.2, 0.25) is 0 Å². The number of urea groups is 1. The van der Waals surface area contributed by atoms with Gasteiger partial charge in [0.2, 0.25) is 0 Å². The van der Waals surface area contributed by atoms with Gasteiger partial charge >= 0.3 is 12.0 Å². The van der Waals surface area contributed by atoms with Gasteiger partial charge in [-0.1, -0.05) is 0 Å². The third-order valence-electron chi connectivity index (χ3n) is 2.58. The lowest BCUT2D eigenvalue weighted by atomic mass is 10.2. The Balaban J connectivity index is 2.07. The van der Waals surface area contributed by atoms with E-state index in [-0.39, 0.29) is 16.3 Å². The van der Waals surface area contributed by atoms with Crippen LogP contribution in [-0.2, 0) is 0 Å². The Morgan fingerprint density at radius 3 is 2.60 bits per heavy atom. The Morgan fingerprint density at radius 1 is 1.20 bits per heavy atom. The molecule has 6 nitrogen and oxygen atoms in total. The highest BCUT2D eigenvalue weighted by Crippen LogP contribution is 2.24. The highest BCUT2D eigenvalue weighted by atomic mass is 32.1. The molecule has 2 aromatic rings. The van der Waals surface area contributed by atoms with Gasteiger partial charge in [0, 0.05) is 5.69 Å². The molecule has 1 heterocycles. The molecule has 0 bridgehead atoms. The van der Waals surface area contributed by atoms with Gasteiger partial charge in [-0.05, 0) is 42.1 Å². The van der Waals surface area contributed by atoms with E-state index >= 15 is 0 Å². The predicted octanol–water partition coefficient (Wildman–Crippen LogP) is 3.10. The highest BCUT2D eigenvalue weighted by molar-refractivity contribution is 7.14. The maximum absolute atomic E-state index is 11.8. The number of hydrogen-bond acceptors (Lipinski definition) is 4. The molecule has 7 heteroatoms. The molecule has 2 rings (SSSR count). The van der Waals surface area contributed by atoms with E-state index in [1.165, 1.54) is 12.1 Å². The summed E-state index contributed by atoms with van der Waals surface area (Å²) in [6.07, 6.45) is 0. The number of amides is 2. The third kappa shape index (κ3) is 3.07. The second kappa shape index (κ2) is 5.62. The van der Waals surface area contributed by atoms with Gasteiger partial charge in [0.1, 0.15) is 10.8 Å². The molecular formula is C13H12N2O4S. The number of aryl methyl sites for hydroxylation is 1. The molecule has 0 radical (unpaired) electrons. The van der Waals surface area contributed by atoms with Crippen LogP contribution in [0.25, 0.3) is 0 Å². The number of carbonyl (C=O) groups excluding carboxylic acids is 1. The number of carboxylic acids is 1. The van der Waals surface area contributed by atoms with Crippen LogP contribution in [0.4, 0.5) is 15.5 Å². The molecule has 4 N–H and O–H groups in total. The topological polar surface area (TPSA) is 98.7 Å². The van der Waals surface area contributed by atoms with E-state index in [2.05, 4.69) is 10.6 Å². The largest absolute Gasteiger partial charge is 0.508 e. The number of hydrogen-bond donors (Lipinski definition) is 4. The number of carbonyl (C=O) groups is 2. The van der Waals surface area contributed by atoms with Gasteiger partial charge < -0.3 is 15.5 Å². The van der Waals surface area contributed by atoms with Crippen molar-refractivity contribution in [2.75, 3.05) is 10.6 Å². The van der Waals surface area contributed by atoms with Crippen molar-refractivity contribution in [1.82, 2.24) is 0 Å². The molecule has 0 spiro atoms. The normalized spacial score (nSPS) is 10.1. The van der Waals surface area contributed by atoms with Gasteiger partial charge in [-0.15, -0.1) is 11.3 Å². The minimum absolute atomic E-state index is 0.0482. The molecule has 0 atom stereocenters. The Labute approximate surface area is 118 Å². The van der Waals surface area contributed by atoms with Gasteiger partial charge in [0.05, 0.1) is 5.56 Å². The summed E-state index contributed by atoms with van der Waals surface area (Å²) in [5.41, 5.74) is 1.18. The van der Waals surface area contributed by atoms with E-state index in [0.29, 0.717) is 11.3 Å². The van der Waals surface area contributed by atoms with Crippen LogP contribution >= 0.6 is 11.3 Å². The SMILES string of the molecule is Cc1cc(NC(=O)Nc2sccc2C(=O)O)ccc1O. The summed E-state index contributed by atoms with van der Waals surface area (Å²) in [6.45, 7) is 1.71. The van der Waals surface area contributed by atoms with Crippen molar-refractivity contribution in [3.63, 3.8) is 0 Å². The molecular weight excluding hydrogens is 280 g/mol. The van der Waals surface area contributed by atoms with Crippen LogP contribution < -0.4 is 10.6 Å². The van der Waals surface area contributed by atoms with Crippen LogP contribution in [0, 0.1) is 6.92 Å². The average molecular weight is 292 g/mol. The van der Waals surface area contributed by atoms with Gasteiger partial charge in [-0.3, -0.25) is 5.32 Å². The fraction of sp³-hybridized carbons (Fsp3) is 0.0769. The van der Waals surface area contributed by atoms with Crippen LogP contribution in [0.15, 0.2) is 29.6 Å². The highest BCUT2D eigenvalue weighted by Gasteiger charge is 2.13. The van der Waals surface area contributed by atoms with Crippen molar-refractivity contribution in [2.45, 2.75) is 6.92 Å². The lowest BCUT2D eigenvalue weighted by molar-refractivity contribution is 0.0698. The summed E-state index contributed by atoms with van der Waals surface area (Å²) in [5.74, 6) is -0.954. The first kappa shape index (κ1) is 13.9. The number of carboxylic acid groups (broad SMARTS) is 1. The molecule has 0 aliphatic carbocycles. The maximum Gasteiger partial charge on any atom is 0.338 e. The van der Waals surface area contributed by atoms with E-state index in [9.17, 15) is 14.7 Å². The maximum atomic E-state index is 11.8. The number of benzene rings is 1. The van der Waals surface area contributed by atoms with Gasteiger partial charge in [0.25, 0.3) is 0 Å².